The van der Waals surface area contributed by atoms with Crippen LogP contribution in [-0.2, 0) is 20.1 Å². The van der Waals surface area contributed by atoms with Crippen molar-refractivity contribution in [1.82, 2.24) is 14.5 Å². The van der Waals surface area contributed by atoms with E-state index in [0.29, 0.717) is 28.7 Å². The summed E-state index contributed by atoms with van der Waals surface area (Å²) < 4.78 is 59.9. The second kappa shape index (κ2) is 15.7. The zero-order valence-electron chi connectivity index (χ0n) is 37.1. The molecule has 3 heterocycles. The Kier molecular flexibility index (Phi) is 8.77. The number of para-hydroxylation sites is 3. The fraction of sp³-hybridized carbons (Fsp3) is 0.234. The largest absolute Gasteiger partial charge is 0.333 e. The molecule has 0 aliphatic carbocycles. The van der Waals surface area contributed by atoms with Gasteiger partial charge in [0.1, 0.15) is 0 Å². The Bertz CT molecular complexity index is 2730. The number of benzene rings is 5. The molecule has 8 rings (SSSR count). The van der Waals surface area contributed by atoms with Crippen LogP contribution in [0.15, 0.2) is 109 Å². The van der Waals surface area contributed by atoms with Crippen LogP contribution in [0.4, 0.5) is 0 Å². The summed E-state index contributed by atoms with van der Waals surface area (Å²) in [7, 11) is 0. The molecule has 0 aliphatic heterocycles. The fourth-order valence-corrected chi connectivity index (χ4v) is 7.92. The topological polar surface area (TPSA) is 30.7 Å². The Balaban J connectivity index is 0.000000236. The number of imidazole rings is 1. The molecule has 0 saturated heterocycles. The summed E-state index contributed by atoms with van der Waals surface area (Å²) >= 11 is 1.61. The maximum Gasteiger partial charge on any atom is 0.0774 e. The third-order valence-electron chi connectivity index (χ3n) is 9.23. The predicted molar refractivity (Wildman–Crippen MR) is 218 cm³/mol. The summed E-state index contributed by atoms with van der Waals surface area (Å²) in [6.45, 7) is 7.75. The van der Waals surface area contributed by atoms with E-state index in [0.717, 1.165) is 53.8 Å². The van der Waals surface area contributed by atoms with Crippen LogP contribution in [-0.4, -0.2) is 14.5 Å². The first kappa shape index (κ1) is 29.1. The molecule has 5 aromatic carbocycles. The molecular weight excluding hydrogens is 831 g/mol. The van der Waals surface area contributed by atoms with E-state index in [9.17, 15) is 0 Å². The molecule has 0 atom stereocenters. The summed E-state index contributed by atoms with van der Waals surface area (Å²) in [5.74, 6) is 0.402. The van der Waals surface area contributed by atoms with Gasteiger partial charge in [-0.3, -0.25) is 4.98 Å². The van der Waals surface area contributed by atoms with Gasteiger partial charge in [0.25, 0.3) is 0 Å². The molecule has 0 spiro atoms. The monoisotopic (exact) mass is 883 g/mol. The number of hydrogen-bond donors (Lipinski definition) is 0. The van der Waals surface area contributed by atoms with Gasteiger partial charge < -0.3 is 9.55 Å². The molecule has 1 radical (unpaired) electrons. The van der Waals surface area contributed by atoms with Crippen LogP contribution in [0.3, 0.4) is 0 Å². The van der Waals surface area contributed by atoms with Crippen LogP contribution < -0.4 is 0 Å². The number of rotatable bonds is 6. The van der Waals surface area contributed by atoms with Crippen LogP contribution >= 0.6 is 11.3 Å². The normalized spacial score (nSPS) is 14.1. The number of aryl methyl sites for hydroxylation is 2. The molecule has 0 unspecified atom stereocenters. The maximum atomic E-state index is 8.26. The molecular formula is C47H45IrN3S-2. The quantitative estimate of drug-likeness (QED) is 0.156. The molecule has 5 heteroatoms. The Hall–Kier alpha value is -4.41. The van der Waals surface area contributed by atoms with Gasteiger partial charge in [-0.05, 0) is 80.8 Å². The summed E-state index contributed by atoms with van der Waals surface area (Å²) in [5, 5.41) is 1.74. The molecule has 0 aliphatic rings. The van der Waals surface area contributed by atoms with Crippen LogP contribution in [0.2, 0.25) is 0 Å². The average molecular weight is 883 g/mol. The molecule has 0 saturated carbocycles. The van der Waals surface area contributed by atoms with Gasteiger partial charge in [-0.15, -0.1) is 53.6 Å². The number of nitrogens with zero attached hydrogens (tertiary/aromatic N) is 3. The Morgan fingerprint density at radius 2 is 1.48 bits per heavy atom. The molecule has 3 aromatic heterocycles. The van der Waals surface area contributed by atoms with E-state index in [4.69, 9.17) is 14.6 Å². The smallest absolute Gasteiger partial charge is 0.0774 e. The van der Waals surface area contributed by atoms with Crippen molar-refractivity contribution in [2.75, 3.05) is 0 Å². The van der Waals surface area contributed by atoms with Crippen molar-refractivity contribution < 1.29 is 29.7 Å². The van der Waals surface area contributed by atoms with Gasteiger partial charge in [-0.2, -0.15) is 11.3 Å². The standard InChI is InChI=1S/C32H29N2S.C15H16N.Ir/c1-19(2)22-12-10-13-23(20(3)4)30(22)34-27-15-8-7-14-26(27)33-32(34)25-18-17-21(5)29-24-11-6-9-16-28(24)35-31(25)29;1-11(2)14-9-15(16-10-12(14)3)13-7-5-4-6-8-13;/h6-17,19-20H,1-5H3;4-7,9-11H,1-3H3;/q2*-1;/i5D3;3D3,11D;. The fourth-order valence-electron chi connectivity index (χ4n) is 6.70. The molecule has 265 valence electrons. The van der Waals surface area contributed by atoms with Gasteiger partial charge >= 0.3 is 0 Å². The predicted octanol–water partition coefficient (Wildman–Crippen LogP) is 13.4. The molecule has 3 nitrogen and oxygen atoms in total. The van der Waals surface area contributed by atoms with Gasteiger partial charge in [0, 0.05) is 46.3 Å². The zero-order chi connectivity index (χ0) is 41.7. The average Bonchev–Trinajstić information content (AvgIpc) is 3.76. The second-order valence-corrected chi connectivity index (χ2v) is 14.7. The van der Waals surface area contributed by atoms with E-state index in [-0.39, 0.29) is 25.7 Å². The minimum absolute atomic E-state index is 0. The number of aromatic nitrogens is 3. The van der Waals surface area contributed by atoms with Crippen molar-refractivity contribution in [3.05, 3.63) is 149 Å². The van der Waals surface area contributed by atoms with Gasteiger partial charge in [0.2, 0.25) is 0 Å². The van der Waals surface area contributed by atoms with Crippen molar-refractivity contribution in [1.29, 1.82) is 0 Å². The van der Waals surface area contributed by atoms with E-state index in [1.165, 1.54) is 17.3 Å². The minimum atomic E-state index is -2.26. The molecule has 0 bridgehead atoms. The third-order valence-corrected chi connectivity index (χ3v) is 10.4. The number of hydrogen-bond acceptors (Lipinski definition) is 3. The summed E-state index contributed by atoms with van der Waals surface area (Å²) in [5.41, 5.74) is 8.79. The van der Waals surface area contributed by atoms with Gasteiger partial charge in [-0.25, -0.2) is 0 Å². The Morgan fingerprint density at radius 1 is 0.769 bits per heavy atom. The van der Waals surface area contributed by atoms with Crippen LogP contribution in [0, 0.1) is 25.8 Å². The number of fused-ring (bicyclic) bond motifs is 4. The molecule has 52 heavy (non-hydrogen) atoms. The molecule has 0 N–H and O–H groups in total. The van der Waals surface area contributed by atoms with E-state index < -0.39 is 19.6 Å². The Labute approximate surface area is 336 Å². The van der Waals surface area contributed by atoms with E-state index in [1.807, 2.05) is 54.6 Å². The van der Waals surface area contributed by atoms with Crippen molar-refractivity contribution >= 4 is 42.5 Å². The van der Waals surface area contributed by atoms with Gasteiger partial charge in [0.05, 0.1) is 16.9 Å². The first-order chi connectivity index (χ1) is 27.4. The molecule has 8 aromatic rings. The first-order valence-electron chi connectivity index (χ1n) is 20.8. The Morgan fingerprint density at radius 3 is 2.17 bits per heavy atom. The van der Waals surface area contributed by atoms with Crippen molar-refractivity contribution in [3.8, 4) is 28.3 Å². The van der Waals surface area contributed by atoms with Crippen LogP contribution in [0.1, 0.15) is 96.7 Å². The van der Waals surface area contributed by atoms with Crippen LogP contribution in [0.25, 0.3) is 59.5 Å². The van der Waals surface area contributed by atoms with E-state index in [2.05, 4.69) is 79.7 Å². The van der Waals surface area contributed by atoms with E-state index in [1.54, 1.807) is 43.4 Å². The first-order valence-corrected chi connectivity index (χ1v) is 18.1. The zero-order valence-corrected chi connectivity index (χ0v) is 33.3. The van der Waals surface area contributed by atoms with Crippen molar-refractivity contribution in [2.24, 2.45) is 0 Å². The van der Waals surface area contributed by atoms with Crippen molar-refractivity contribution in [3.63, 3.8) is 0 Å². The number of pyridine rings is 1. The maximum absolute atomic E-state index is 8.26. The molecule has 0 amide bonds. The summed E-state index contributed by atoms with van der Waals surface area (Å²) in [4.78, 5) is 9.39. The summed E-state index contributed by atoms with van der Waals surface area (Å²) in [6, 6.07) is 40.0. The number of thiophene rings is 1. The van der Waals surface area contributed by atoms with Gasteiger partial charge in [-0.1, -0.05) is 114 Å². The van der Waals surface area contributed by atoms with Crippen LogP contribution in [0.5, 0.6) is 0 Å². The summed E-state index contributed by atoms with van der Waals surface area (Å²) in [6.07, 6.45) is 1.36. The SMILES string of the molecule is [2H]C([2H])([2H])c1c[c-]c(-c2nc3ccccc3n2-c2c(C(C)C)cccc2C(C)C)c2sc3ccccc3c12.[2H]C([2H])([2H])c1cnc(-c2[c-]cccc2)cc1C([2H])(C)C.[Ir]. The second-order valence-electron chi connectivity index (χ2n) is 13.6. The third kappa shape index (κ3) is 7.03. The molecule has 0 fully saturated rings. The van der Waals surface area contributed by atoms with Gasteiger partial charge in [0.15, 0.2) is 0 Å². The van der Waals surface area contributed by atoms with E-state index >= 15 is 0 Å². The minimum Gasteiger partial charge on any atom is -0.333 e. The van der Waals surface area contributed by atoms with Crippen molar-refractivity contribution in [2.45, 2.75) is 73.0 Å².